The first kappa shape index (κ1) is 8.10. The first-order valence-corrected chi connectivity index (χ1v) is 4.64. The van der Waals surface area contributed by atoms with E-state index in [2.05, 4.69) is 20.3 Å². The van der Waals surface area contributed by atoms with Gasteiger partial charge in [-0.25, -0.2) is 0 Å². The third kappa shape index (κ3) is 2.32. The lowest BCUT2D eigenvalue weighted by molar-refractivity contribution is 0.314. The third-order valence-corrected chi connectivity index (χ3v) is 2.50. The smallest absolute Gasteiger partial charge is 0.0380 e. The van der Waals surface area contributed by atoms with Crippen molar-refractivity contribution < 1.29 is 0 Å². The van der Waals surface area contributed by atoms with Crippen LogP contribution in [0.4, 0.5) is 0 Å². The van der Waals surface area contributed by atoms with Gasteiger partial charge in [-0.2, -0.15) is 0 Å². The van der Waals surface area contributed by atoms with Crippen LogP contribution in [0.25, 0.3) is 0 Å². The van der Waals surface area contributed by atoms with E-state index in [-0.39, 0.29) is 0 Å². The van der Waals surface area contributed by atoms with Gasteiger partial charge in [0.2, 0.25) is 0 Å². The van der Waals surface area contributed by atoms with Crippen molar-refractivity contribution in [3.63, 3.8) is 0 Å². The monoisotopic (exact) mass is 139 g/mol. The molecule has 0 bridgehead atoms. The Hall–Kier alpha value is 0. The van der Waals surface area contributed by atoms with E-state index in [1.54, 1.807) is 0 Å². The van der Waals surface area contributed by atoms with E-state index >= 15 is 0 Å². The molecular formula is C10H19. The maximum atomic E-state index is 2.48. The molecule has 1 fully saturated rings. The van der Waals surface area contributed by atoms with Crippen molar-refractivity contribution in [2.24, 2.45) is 11.8 Å². The molecule has 2 atom stereocenters. The summed E-state index contributed by atoms with van der Waals surface area (Å²) >= 11 is 0. The summed E-state index contributed by atoms with van der Waals surface area (Å²) in [6, 6.07) is 0. The van der Waals surface area contributed by atoms with Crippen LogP contribution in [-0.4, -0.2) is 0 Å². The summed E-state index contributed by atoms with van der Waals surface area (Å²) in [6.07, 6.45) is 9.52. The predicted octanol–water partition coefficient (Wildman–Crippen LogP) is 3.43. The van der Waals surface area contributed by atoms with Crippen molar-refractivity contribution in [3.8, 4) is 0 Å². The van der Waals surface area contributed by atoms with Gasteiger partial charge in [0.15, 0.2) is 0 Å². The summed E-state index contributed by atoms with van der Waals surface area (Å²) in [5, 5.41) is 0. The number of rotatable bonds is 2. The normalized spacial score (nSPS) is 34.2. The van der Waals surface area contributed by atoms with Crippen LogP contribution in [-0.2, 0) is 0 Å². The highest BCUT2D eigenvalue weighted by Gasteiger charge is 2.17. The maximum absolute atomic E-state index is 2.48. The van der Waals surface area contributed by atoms with Crippen molar-refractivity contribution in [1.29, 1.82) is 0 Å². The molecule has 0 N–H and O–H groups in total. The number of hydrogen-bond acceptors (Lipinski definition) is 0. The standard InChI is InChI=1S/C10H19/c1-3-5-10-7-4-6-9(2)8-10/h4,9-10H,3,5-8H2,1-2H3. The second-order valence-corrected chi connectivity index (χ2v) is 3.76. The molecule has 0 aromatic rings. The van der Waals surface area contributed by atoms with Crippen molar-refractivity contribution in [2.45, 2.75) is 46.0 Å². The fraction of sp³-hybridized carbons (Fsp3) is 0.900. The second-order valence-electron chi connectivity index (χ2n) is 3.76. The molecule has 10 heavy (non-hydrogen) atoms. The van der Waals surface area contributed by atoms with E-state index < -0.39 is 0 Å². The molecule has 0 heterocycles. The lowest BCUT2D eigenvalue weighted by Crippen LogP contribution is -2.13. The van der Waals surface area contributed by atoms with Gasteiger partial charge in [0.1, 0.15) is 0 Å². The summed E-state index contributed by atoms with van der Waals surface area (Å²) in [4.78, 5) is 0. The predicted molar refractivity (Wildman–Crippen MR) is 45.7 cm³/mol. The molecule has 0 aromatic heterocycles. The highest BCUT2D eigenvalue weighted by Crippen LogP contribution is 2.30. The molecule has 59 valence electrons. The lowest BCUT2D eigenvalue weighted by atomic mass is 9.80. The maximum Gasteiger partial charge on any atom is -0.0380 e. The van der Waals surface area contributed by atoms with Gasteiger partial charge in [-0.3, -0.25) is 0 Å². The van der Waals surface area contributed by atoms with Crippen LogP contribution in [0.15, 0.2) is 0 Å². The molecule has 0 aromatic carbocycles. The largest absolute Gasteiger partial charge is 0.0654 e. The number of hydrogen-bond donors (Lipinski definition) is 0. The first-order chi connectivity index (χ1) is 4.83. The summed E-state index contributed by atoms with van der Waals surface area (Å²) in [5.74, 6) is 1.99. The quantitative estimate of drug-likeness (QED) is 0.550. The molecule has 1 radical (unpaired) electrons. The van der Waals surface area contributed by atoms with Crippen LogP contribution >= 0.6 is 0 Å². The molecule has 1 saturated carbocycles. The molecule has 1 aliphatic rings. The molecule has 0 saturated heterocycles. The molecule has 0 amide bonds. The van der Waals surface area contributed by atoms with Crippen LogP contribution in [0.3, 0.4) is 0 Å². The van der Waals surface area contributed by atoms with Crippen LogP contribution in [0, 0.1) is 18.3 Å². The van der Waals surface area contributed by atoms with Gasteiger partial charge in [-0.1, -0.05) is 26.7 Å². The summed E-state index contributed by atoms with van der Waals surface area (Å²) < 4.78 is 0. The molecule has 0 aliphatic heterocycles. The Bertz CT molecular complexity index is 84.0. The summed E-state index contributed by atoms with van der Waals surface area (Å²) in [5.41, 5.74) is 0. The van der Waals surface area contributed by atoms with Crippen molar-refractivity contribution >= 4 is 0 Å². The molecule has 0 heteroatoms. The van der Waals surface area contributed by atoms with Gasteiger partial charge in [-0.05, 0) is 37.5 Å². The Kier molecular flexibility index (Phi) is 3.24. The molecule has 0 nitrogen and oxygen atoms in total. The van der Waals surface area contributed by atoms with E-state index in [0.29, 0.717) is 0 Å². The van der Waals surface area contributed by atoms with Crippen LogP contribution in [0.5, 0.6) is 0 Å². The van der Waals surface area contributed by atoms with Crippen LogP contribution in [0.2, 0.25) is 0 Å². The highest BCUT2D eigenvalue weighted by molar-refractivity contribution is 4.80. The van der Waals surface area contributed by atoms with Gasteiger partial charge < -0.3 is 0 Å². The van der Waals surface area contributed by atoms with E-state index in [1.165, 1.54) is 32.1 Å². The minimum Gasteiger partial charge on any atom is -0.0654 e. The Morgan fingerprint density at radius 3 is 2.80 bits per heavy atom. The average Bonchev–Trinajstić information content (AvgIpc) is 1.88. The van der Waals surface area contributed by atoms with E-state index in [4.69, 9.17) is 0 Å². The van der Waals surface area contributed by atoms with Crippen molar-refractivity contribution in [1.82, 2.24) is 0 Å². The van der Waals surface area contributed by atoms with E-state index in [9.17, 15) is 0 Å². The highest BCUT2D eigenvalue weighted by atomic mass is 14.2. The lowest BCUT2D eigenvalue weighted by Gasteiger charge is -2.25. The zero-order valence-corrected chi connectivity index (χ0v) is 7.27. The second kappa shape index (κ2) is 4.00. The fourth-order valence-corrected chi connectivity index (χ4v) is 2.02. The molecular weight excluding hydrogens is 120 g/mol. The molecule has 2 unspecified atom stereocenters. The van der Waals surface area contributed by atoms with Gasteiger partial charge in [0.05, 0.1) is 0 Å². The van der Waals surface area contributed by atoms with E-state index in [1.807, 2.05) is 0 Å². The topological polar surface area (TPSA) is 0 Å². The molecule has 1 rings (SSSR count). The zero-order valence-electron chi connectivity index (χ0n) is 7.27. The van der Waals surface area contributed by atoms with Crippen LogP contribution in [0.1, 0.15) is 46.0 Å². The SMILES string of the molecule is CCCC1C[CH]CC(C)C1. The average molecular weight is 139 g/mol. The summed E-state index contributed by atoms with van der Waals surface area (Å²) in [6.45, 7) is 4.66. The minimum absolute atomic E-state index is 0.963. The Morgan fingerprint density at radius 1 is 1.40 bits per heavy atom. The Morgan fingerprint density at radius 2 is 2.20 bits per heavy atom. The first-order valence-electron chi connectivity index (χ1n) is 4.64. The van der Waals surface area contributed by atoms with Crippen LogP contribution < -0.4 is 0 Å². The Labute approximate surface area is 65.0 Å². The minimum atomic E-state index is 0.963. The van der Waals surface area contributed by atoms with Gasteiger partial charge in [0, 0.05) is 0 Å². The van der Waals surface area contributed by atoms with Gasteiger partial charge in [-0.15, -0.1) is 0 Å². The zero-order chi connectivity index (χ0) is 7.40. The van der Waals surface area contributed by atoms with Gasteiger partial charge in [0.25, 0.3) is 0 Å². The Balaban J connectivity index is 2.18. The third-order valence-electron chi connectivity index (χ3n) is 2.50. The van der Waals surface area contributed by atoms with Gasteiger partial charge >= 0.3 is 0 Å². The fourth-order valence-electron chi connectivity index (χ4n) is 2.02. The van der Waals surface area contributed by atoms with Crippen molar-refractivity contribution in [2.75, 3.05) is 0 Å². The molecule has 1 aliphatic carbocycles. The molecule has 0 spiro atoms. The van der Waals surface area contributed by atoms with E-state index in [0.717, 1.165) is 11.8 Å². The van der Waals surface area contributed by atoms with Crippen molar-refractivity contribution in [3.05, 3.63) is 6.42 Å². The summed E-state index contributed by atoms with van der Waals surface area (Å²) in [7, 11) is 0.